The van der Waals surface area contributed by atoms with Crippen LogP contribution < -0.4 is 0 Å². The van der Waals surface area contributed by atoms with E-state index < -0.39 is 0 Å². The molecule has 1 N–H and O–H groups in total. The summed E-state index contributed by atoms with van der Waals surface area (Å²) in [5.74, 6) is 1.56. The molecule has 0 saturated carbocycles. The van der Waals surface area contributed by atoms with Crippen LogP contribution in [0.3, 0.4) is 0 Å². The summed E-state index contributed by atoms with van der Waals surface area (Å²) in [7, 11) is 0. The quantitative estimate of drug-likeness (QED) is 0.578. The molecular formula is C6H10O2S. The second kappa shape index (κ2) is 2.71. The van der Waals surface area contributed by atoms with Crippen LogP contribution in [0.2, 0.25) is 0 Å². The van der Waals surface area contributed by atoms with E-state index in [1.807, 2.05) is 0 Å². The molecule has 1 saturated heterocycles. The Labute approximate surface area is 58.6 Å². The molecule has 0 aliphatic carbocycles. The topological polar surface area (TPSA) is 37.3 Å². The Kier molecular flexibility index (Phi) is 2.13. The molecule has 0 aromatic heterocycles. The molecule has 0 spiro atoms. The van der Waals surface area contributed by atoms with Crippen LogP contribution in [-0.4, -0.2) is 28.5 Å². The van der Waals surface area contributed by atoms with Crippen LogP contribution in [0.15, 0.2) is 0 Å². The number of ketones is 1. The predicted molar refractivity (Wildman–Crippen MR) is 37.5 cm³/mol. The molecule has 2 nitrogen and oxygen atoms in total. The van der Waals surface area contributed by atoms with Crippen LogP contribution in [0.4, 0.5) is 0 Å². The van der Waals surface area contributed by atoms with Gasteiger partial charge in [-0.1, -0.05) is 0 Å². The van der Waals surface area contributed by atoms with E-state index >= 15 is 0 Å². The Balaban J connectivity index is 2.49. The monoisotopic (exact) mass is 146 g/mol. The Morgan fingerprint density at radius 3 is 2.56 bits per heavy atom. The van der Waals surface area contributed by atoms with Gasteiger partial charge in [0.25, 0.3) is 0 Å². The average molecular weight is 146 g/mol. The minimum Gasteiger partial charge on any atom is -0.391 e. The largest absolute Gasteiger partial charge is 0.391 e. The molecule has 1 heterocycles. The molecule has 1 aliphatic rings. The van der Waals surface area contributed by atoms with Crippen molar-refractivity contribution in [2.45, 2.75) is 13.0 Å². The molecule has 0 aromatic rings. The van der Waals surface area contributed by atoms with Crippen molar-refractivity contribution in [2.24, 2.45) is 5.92 Å². The Morgan fingerprint density at radius 2 is 2.33 bits per heavy atom. The number of aliphatic hydroxyl groups is 1. The number of Topliss-reactive ketones (excluding diaryl/α,β-unsaturated/α-hetero) is 1. The lowest BCUT2D eigenvalue weighted by Gasteiger charge is -2.07. The van der Waals surface area contributed by atoms with Crippen LogP contribution in [0.25, 0.3) is 0 Å². The van der Waals surface area contributed by atoms with Crippen molar-refractivity contribution < 1.29 is 9.90 Å². The first-order valence-electron chi connectivity index (χ1n) is 2.98. The Bertz CT molecular complexity index is 124. The SMILES string of the molecule is CC(=O)[C@@H]1CSC[C@@H]1O. The molecule has 0 amide bonds. The number of hydrogen-bond acceptors (Lipinski definition) is 3. The maximum Gasteiger partial charge on any atom is 0.136 e. The minimum absolute atomic E-state index is 0.0880. The molecule has 1 rings (SSSR count). The first-order chi connectivity index (χ1) is 4.22. The molecule has 9 heavy (non-hydrogen) atoms. The lowest BCUT2D eigenvalue weighted by molar-refractivity contribution is -0.122. The molecule has 0 aromatic carbocycles. The fraction of sp³-hybridized carbons (Fsp3) is 0.833. The summed E-state index contributed by atoms with van der Waals surface area (Å²) >= 11 is 1.65. The van der Waals surface area contributed by atoms with Crippen molar-refractivity contribution in [3.05, 3.63) is 0 Å². The van der Waals surface area contributed by atoms with Gasteiger partial charge >= 0.3 is 0 Å². The van der Waals surface area contributed by atoms with E-state index in [9.17, 15) is 4.79 Å². The number of aliphatic hydroxyl groups excluding tert-OH is 1. The summed E-state index contributed by atoms with van der Waals surface area (Å²) in [6.07, 6.45) is -0.382. The second-order valence-electron chi connectivity index (χ2n) is 2.32. The van der Waals surface area contributed by atoms with E-state index in [0.29, 0.717) is 0 Å². The predicted octanol–water partition coefficient (Wildman–Crippen LogP) is 0.299. The van der Waals surface area contributed by atoms with Crippen molar-refractivity contribution in [1.29, 1.82) is 0 Å². The third-order valence-electron chi connectivity index (χ3n) is 1.57. The summed E-state index contributed by atoms with van der Waals surface area (Å²) in [5.41, 5.74) is 0. The molecule has 1 fully saturated rings. The Hall–Kier alpha value is -0.0200. The normalized spacial score (nSPS) is 34.9. The molecule has 0 bridgehead atoms. The number of carbonyl (C=O) groups is 1. The summed E-state index contributed by atoms with van der Waals surface area (Å²) < 4.78 is 0. The van der Waals surface area contributed by atoms with Gasteiger partial charge < -0.3 is 5.11 Å². The van der Waals surface area contributed by atoms with Crippen molar-refractivity contribution in [3.63, 3.8) is 0 Å². The van der Waals surface area contributed by atoms with Crippen LogP contribution in [0.1, 0.15) is 6.92 Å². The van der Waals surface area contributed by atoms with Crippen LogP contribution in [-0.2, 0) is 4.79 Å². The summed E-state index contributed by atoms with van der Waals surface area (Å²) in [6, 6.07) is 0. The zero-order valence-electron chi connectivity index (χ0n) is 5.33. The smallest absolute Gasteiger partial charge is 0.136 e. The van der Waals surface area contributed by atoms with Gasteiger partial charge in [-0.25, -0.2) is 0 Å². The van der Waals surface area contributed by atoms with E-state index in [4.69, 9.17) is 5.11 Å². The molecule has 2 atom stereocenters. The summed E-state index contributed by atoms with van der Waals surface area (Å²) in [5, 5.41) is 9.12. The molecule has 0 unspecified atom stereocenters. The zero-order valence-corrected chi connectivity index (χ0v) is 6.15. The van der Waals surface area contributed by atoms with E-state index in [1.165, 1.54) is 0 Å². The minimum atomic E-state index is -0.382. The van der Waals surface area contributed by atoms with Gasteiger partial charge in [-0.2, -0.15) is 11.8 Å². The van der Waals surface area contributed by atoms with Crippen molar-refractivity contribution in [1.82, 2.24) is 0 Å². The highest BCUT2D eigenvalue weighted by molar-refractivity contribution is 7.99. The molecule has 52 valence electrons. The highest BCUT2D eigenvalue weighted by atomic mass is 32.2. The van der Waals surface area contributed by atoms with Crippen LogP contribution >= 0.6 is 11.8 Å². The van der Waals surface area contributed by atoms with E-state index in [1.54, 1.807) is 18.7 Å². The van der Waals surface area contributed by atoms with Crippen LogP contribution in [0.5, 0.6) is 0 Å². The standard InChI is InChI=1S/C6H10O2S/c1-4(7)5-2-9-3-6(5)8/h5-6,8H,2-3H2,1H3/t5-,6-/m0/s1. The summed E-state index contributed by atoms with van der Waals surface area (Å²) in [6.45, 7) is 1.54. The number of thioether (sulfide) groups is 1. The fourth-order valence-electron chi connectivity index (χ4n) is 0.931. The van der Waals surface area contributed by atoms with E-state index in [0.717, 1.165) is 11.5 Å². The van der Waals surface area contributed by atoms with Crippen molar-refractivity contribution in [2.75, 3.05) is 11.5 Å². The zero-order chi connectivity index (χ0) is 6.85. The van der Waals surface area contributed by atoms with Gasteiger partial charge in [-0.05, 0) is 6.92 Å². The third kappa shape index (κ3) is 1.46. The lowest BCUT2D eigenvalue weighted by Crippen LogP contribution is -2.24. The highest BCUT2D eigenvalue weighted by Crippen LogP contribution is 2.24. The highest BCUT2D eigenvalue weighted by Gasteiger charge is 2.28. The van der Waals surface area contributed by atoms with Crippen molar-refractivity contribution in [3.8, 4) is 0 Å². The number of rotatable bonds is 1. The number of carbonyl (C=O) groups excluding carboxylic acids is 1. The van der Waals surface area contributed by atoms with Crippen LogP contribution in [0, 0.1) is 5.92 Å². The summed E-state index contributed by atoms with van der Waals surface area (Å²) in [4.78, 5) is 10.7. The molecule has 0 radical (unpaired) electrons. The second-order valence-corrected chi connectivity index (χ2v) is 3.40. The first kappa shape index (κ1) is 7.09. The van der Waals surface area contributed by atoms with Gasteiger partial charge in [0.05, 0.1) is 12.0 Å². The van der Waals surface area contributed by atoms with E-state index in [-0.39, 0.29) is 17.8 Å². The van der Waals surface area contributed by atoms with Gasteiger partial charge in [0.15, 0.2) is 0 Å². The van der Waals surface area contributed by atoms with Gasteiger partial charge in [-0.3, -0.25) is 4.79 Å². The van der Waals surface area contributed by atoms with E-state index in [2.05, 4.69) is 0 Å². The fourth-order valence-corrected chi connectivity index (χ4v) is 2.25. The van der Waals surface area contributed by atoms with Gasteiger partial charge in [0, 0.05) is 11.5 Å². The van der Waals surface area contributed by atoms with Crippen molar-refractivity contribution >= 4 is 17.5 Å². The third-order valence-corrected chi connectivity index (χ3v) is 2.74. The van der Waals surface area contributed by atoms with Gasteiger partial charge in [-0.15, -0.1) is 0 Å². The van der Waals surface area contributed by atoms with Gasteiger partial charge in [0.1, 0.15) is 5.78 Å². The maximum atomic E-state index is 10.7. The maximum absolute atomic E-state index is 10.7. The number of hydrogen-bond donors (Lipinski definition) is 1. The Morgan fingerprint density at radius 1 is 1.67 bits per heavy atom. The molecule has 3 heteroatoms. The van der Waals surface area contributed by atoms with Gasteiger partial charge in [0.2, 0.25) is 0 Å². The first-order valence-corrected chi connectivity index (χ1v) is 4.13. The molecular weight excluding hydrogens is 136 g/mol. The lowest BCUT2D eigenvalue weighted by atomic mass is 10.0. The average Bonchev–Trinajstić information content (AvgIpc) is 2.13. The molecule has 1 aliphatic heterocycles.